The molecule has 0 saturated heterocycles. The number of amidine groups is 1. The van der Waals surface area contributed by atoms with Crippen molar-refractivity contribution in [3.8, 4) is 0 Å². The number of carbonyl (C=O) groups is 1. The normalized spacial score (nSPS) is 18.0. The summed E-state index contributed by atoms with van der Waals surface area (Å²) in [6.07, 6.45) is 0.332. The van der Waals surface area contributed by atoms with Crippen LogP contribution in [0.1, 0.15) is 6.42 Å². The van der Waals surface area contributed by atoms with E-state index < -0.39 is 5.91 Å². The van der Waals surface area contributed by atoms with Gasteiger partial charge >= 0.3 is 0 Å². The zero-order valence-electron chi connectivity index (χ0n) is 5.87. The Morgan fingerprint density at radius 3 is 2.64 bits per heavy atom. The standard InChI is InChI=1S/C6H9N3O2/c7-5-4(6(8)11)3(10)1-2-9-5/h10H,1-2H2,(H2,7,9)(H2,8,11). The Kier molecular flexibility index (Phi) is 1.80. The zero-order valence-corrected chi connectivity index (χ0v) is 5.87. The molecular weight excluding hydrogens is 146 g/mol. The summed E-state index contributed by atoms with van der Waals surface area (Å²) in [5.41, 5.74) is 10.2. The van der Waals surface area contributed by atoms with Crippen molar-refractivity contribution in [3.63, 3.8) is 0 Å². The van der Waals surface area contributed by atoms with Crippen molar-refractivity contribution in [2.45, 2.75) is 6.42 Å². The Balaban J connectivity index is 3.04. The third-order valence-corrected chi connectivity index (χ3v) is 1.42. The maximum Gasteiger partial charge on any atom is 0.255 e. The molecular formula is C6H9N3O2. The predicted octanol–water partition coefficient (Wildman–Crippen LogP) is -0.955. The van der Waals surface area contributed by atoms with Crippen LogP contribution < -0.4 is 11.5 Å². The molecule has 5 N–H and O–H groups in total. The maximum atomic E-state index is 10.6. The van der Waals surface area contributed by atoms with Crippen molar-refractivity contribution in [1.82, 2.24) is 0 Å². The van der Waals surface area contributed by atoms with Gasteiger partial charge in [-0.25, -0.2) is 0 Å². The molecule has 0 unspecified atom stereocenters. The number of aliphatic imine (C=N–C) groups is 1. The molecule has 0 aromatic heterocycles. The minimum absolute atomic E-state index is 0.0289. The summed E-state index contributed by atoms with van der Waals surface area (Å²) < 4.78 is 0. The number of hydrogen-bond donors (Lipinski definition) is 3. The quantitative estimate of drug-likeness (QED) is 0.454. The van der Waals surface area contributed by atoms with E-state index in [-0.39, 0.29) is 17.2 Å². The maximum absolute atomic E-state index is 10.6. The fourth-order valence-electron chi connectivity index (χ4n) is 0.903. The van der Waals surface area contributed by atoms with Gasteiger partial charge in [0.05, 0.1) is 0 Å². The topological polar surface area (TPSA) is 102 Å². The number of aliphatic hydroxyl groups is 1. The summed E-state index contributed by atoms with van der Waals surface area (Å²) in [6, 6.07) is 0. The van der Waals surface area contributed by atoms with E-state index in [1.807, 2.05) is 0 Å². The molecule has 5 heteroatoms. The molecule has 1 aliphatic heterocycles. The van der Waals surface area contributed by atoms with Gasteiger partial charge in [-0.15, -0.1) is 0 Å². The van der Waals surface area contributed by atoms with Crippen molar-refractivity contribution in [2.24, 2.45) is 16.5 Å². The van der Waals surface area contributed by atoms with Gasteiger partial charge in [-0.3, -0.25) is 9.79 Å². The summed E-state index contributed by atoms with van der Waals surface area (Å²) >= 11 is 0. The molecule has 0 saturated carbocycles. The molecule has 1 heterocycles. The van der Waals surface area contributed by atoms with Crippen LogP contribution in [0, 0.1) is 0 Å². The summed E-state index contributed by atoms with van der Waals surface area (Å²) in [5.74, 6) is -0.769. The van der Waals surface area contributed by atoms with Gasteiger partial charge < -0.3 is 16.6 Å². The number of primary amides is 1. The van der Waals surface area contributed by atoms with E-state index in [0.717, 1.165) is 0 Å². The van der Waals surface area contributed by atoms with E-state index in [9.17, 15) is 4.79 Å². The number of hydrogen-bond acceptors (Lipinski definition) is 4. The van der Waals surface area contributed by atoms with Gasteiger partial charge in [0.2, 0.25) is 0 Å². The highest BCUT2D eigenvalue weighted by atomic mass is 16.3. The average molecular weight is 155 g/mol. The number of nitrogens with two attached hydrogens (primary N) is 2. The van der Waals surface area contributed by atoms with E-state index >= 15 is 0 Å². The highest BCUT2D eigenvalue weighted by Crippen LogP contribution is 2.10. The fraction of sp³-hybridized carbons (Fsp3) is 0.333. The minimum atomic E-state index is -0.733. The van der Waals surface area contributed by atoms with Crippen LogP contribution in [0.15, 0.2) is 16.3 Å². The van der Waals surface area contributed by atoms with E-state index in [4.69, 9.17) is 16.6 Å². The fourth-order valence-corrected chi connectivity index (χ4v) is 0.903. The van der Waals surface area contributed by atoms with Gasteiger partial charge in [0, 0.05) is 13.0 Å². The summed E-state index contributed by atoms with van der Waals surface area (Å²) in [4.78, 5) is 14.4. The molecule has 0 aromatic rings. The number of aliphatic hydroxyl groups excluding tert-OH is 1. The highest BCUT2D eigenvalue weighted by molar-refractivity contribution is 6.20. The number of carbonyl (C=O) groups excluding carboxylic acids is 1. The molecule has 1 rings (SSSR count). The number of rotatable bonds is 1. The van der Waals surface area contributed by atoms with Gasteiger partial charge in [-0.2, -0.15) is 0 Å². The molecule has 60 valence electrons. The lowest BCUT2D eigenvalue weighted by Gasteiger charge is -2.10. The van der Waals surface area contributed by atoms with Gasteiger partial charge in [0.1, 0.15) is 17.2 Å². The van der Waals surface area contributed by atoms with Crippen LogP contribution in [0.3, 0.4) is 0 Å². The van der Waals surface area contributed by atoms with E-state index in [1.54, 1.807) is 0 Å². The van der Waals surface area contributed by atoms with Crippen LogP contribution in [0.2, 0.25) is 0 Å². The molecule has 0 aromatic carbocycles. The Morgan fingerprint density at radius 1 is 1.64 bits per heavy atom. The molecule has 11 heavy (non-hydrogen) atoms. The molecule has 5 nitrogen and oxygen atoms in total. The molecule has 0 radical (unpaired) electrons. The molecule has 0 bridgehead atoms. The average Bonchev–Trinajstić information content (AvgIpc) is 1.85. The van der Waals surface area contributed by atoms with E-state index in [2.05, 4.69) is 4.99 Å². The summed E-state index contributed by atoms with van der Waals surface area (Å²) in [5, 5.41) is 9.13. The summed E-state index contributed by atoms with van der Waals surface area (Å²) in [7, 11) is 0. The summed E-state index contributed by atoms with van der Waals surface area (Å²) in [6.45, 7) is 0.411. The smallest absolute Gasteiger partial charge is 0.255 e. The van der Waals surface area contributed by atoms with E-state index in [0.29, 0.717) is 13.0 Å². The lowest BCUT2D eigenvalue weighted by atomic mass is 10.1. The Labute approximate surface area is 63.4 Å². The van der Waals surface area contributed by atoms with Gasteiger partial charge in [-0.05, 0) is 0 Å². The lowest BCUT2D eigenvalue weighted by molar-refractivity contribution is -0.114. The van der Waals surface area contributed by atoms with Crippen molar-refractivity contribution < 1.29 is 9.90 Å². The largest absolute Gasteiger partial charge is 0.511 e. The Hall–Kier alpha value is -1.52. The molecule has 1 aliphatic rings. The number of amides is 1. The van der Waals surface area contributed by atoms with Crippen molar-refractivity contribution in [1.29, 1.82) is 0 Å². The second kappa shape index (κ2) is 2.61. The van der Waals surface area contributed by atoms with Crippen LogP contribution in [-0.2, 0) is 4.79 Å². The zero-order chi connectivity index (χ0) is 8.43. The van der Waals surface area contributed by atoms with Crippen LogP contribution in [0.4, 0.5) is 0 Å². The molecule has 0 aliphatic carbocycles. The second-order valence-corrected chi connectivity index (χ2v) is 2.20. The monoisotopic (exact) mass is 155 g/mol. The predicted molar refractivity (Wildman–Crippen MR) is 40.0 cm³/mol. The molecule has 1 amide bonds. The van der Waals surface area contributed by atoms with Gasteiger partial charge in [-0.1, -0.05) is 0 Å². The lowest BCUT2D eigenvalue weighted by Crippen LogP contribution is -2.30. The van der Waals surface area contributed by atoms with Gasteiger partial charge in [0.15, 0.2) is 0 Å². The Morgan fingerprint density at radius 2 is 2.27 bits per heavy atom. The number of nitrogens with zero attached hydrogens (tertiary/aromatic N) is 1. The molecule has 0 atom stereocenters. The van der Waals surface area contributed by atoms with E-state index in [1.165, 1.54) is 0 Å². The first-order valence-electron chi connectivity index (χ1n) is 3.15. The third-order valence-electron chi connectivity index (χ3n) is 1.42. The highest BCUT2D eigenvalue weighted by Gasteiger charge is 2.18. The van der Waals surface area contributed by atoms with Crippen LogP contribution in [0.5, 0.6) is 0 Å². The first-order valence-corrected chi connectivity index (χ1v) is 3.15. The van der Waals surface area contributed by atoms with Crippen LogP contribution in [-0.4, -0.2) is 23.4 Å². The third kappa shape index (κ3) is 1.31. The SMILES string of the molecule is NC(=O)C1=C(O)CCN=C1N. The van der Waals surface area contributed by atoms with Crippen molar-refractivity contribution in [3.05, 3.63) is 11.3 Å². The van der Waals surface area contributed by atoms with Gasteiger partial charge in [0.25, 0.3) is 5.91 Å². The Bertz CT molecular complexity index is 255. The van der Waals surface area contributed by atoms with Crippen molar-refractivity contribution >= 4 is 11.7 Å². The van der Waals surface area contributed by atoms with Crippen LogP contribution in [0.25, 0.3) is 0 Å². The molecule has 0 spiro atoms. The van der Waals surface area contributed by atoms with Crippen LogP contribution >= 0.6 is 0 Å². The van der Waals surface area contributed by atoms with Crippen molar-refractivity contribution in [2.75, 3.05) is 6.54 Å². The first kappa shape index (κ1) is 7.59. The second-order valence-electron chi connectivity index (χ2n) is 2.20. The molecule has 0 fully saturated rings. The minimum Gasteiger partial charge on any atom is -0.511 e. The number of dihydropyridines is 1. The first-order chi connectivity index (χ1) is 5.13.